The molecule has 0 saturated carbocycles. The minimum absolute atomic E-state index is 1.18. The highest BCUT2D eigenvalue weighted by molar-refractivity contribution is 4.94. The van der Waals surface area contributed by atoms with Crippen molar-refractivity contribution in [2.75, 3.05) is 40.8 Å². The van der Waals surface area contributed by atoms with Crippen molar-refractivity contribution in [3.63, 3.8) is 0 Å². The molecule has 0 heterocycles. The second-order valence-corrected chi connectivity index (χ2v) is 3.98. The highest BCUT2D eigenvalue weighted by Gasteiger charge is 2.03. The molecule has 12 heavy (non-hydrogen) atoms. The van der Waals surface area contributed by atoms with Crippen molar-refractivity contribution >= 4 is 0 Å². The number of likely N-dealkylation sites (N-methyl/N-ethyl adjacent to an activating group) is 2. The smallest absolute Gasteiger partial charge is 0.127 e. The monoisotopic (exact) mass is 172 g/mol. The molecule has 0 rings (SSSR count). The molecule has 0 aromatic carbocycles. The SMILES string of the molecule is C/C=C(/C)C[NH+](C)CC[NH+](C)C. The van der Waals surface area contributed by atoms with Gasteiger partial charge in [0.2, 0.25) is 0 Å². The van der Waals surface area contributed by atoms with Crippen LogP contribution in [-0.4, -0.2) is 40.8 Å². The van der Waals surface area contributed by atoms with Crippen LogP contribution in [0.2, 0.25) is 0 Å². The Kier molecular flexibility index (Phi) is 6.03. The van der Waals surface area contributed by atoms with E-state index in [2.05, 4.69) is 41.1 Å². The maximum absolute atomic E-state index is 2.26. The van der Waals surface area contributed by atoms with Gasteiger partial charge in [-0.3, -0.25) is 0 Å². The molecule has 1 unspecified atom stereocenters. The average Bonchev–Trinajstić information content (AvgIpc) is 2.00. The van der Waals surface area contributed by atoms with E-state index < -0.39 is 0 Å². The summed E-state index contributed by atoms with van der Waals surface area (Å²) in [6.07, 6.45) is 2.20. The molecule has 0 aromatic rings. The van der Waals surface area contributed by atoms with Crippen molar-refractivity contribution in [1.29, 1.82) is 0 Å². The molecule has 0 bridgehead atoms. The summed E-state index contributed by atoms with van der Waals surface area (Å²) in [4.78, 5) is 3.14. The number of hydrogen-bond acceptors (Lipinski definition) is 0. The van der Waals surface area contributed by atoms with Gasteiger partial charge in [0.1, 0.15) is 13.1 Å². The Morgan fingerprint density at radius 3 is 2.17 bits per heavy atom. The predicted molar refractivity (Wildman–Crippen MR) is 53.7 cm³/mol. The van der Waals surface area contributed by atoms with Crippen LogP contribution in [0.4, 0.5) is 0 Å². The van der Waals surface area contributed by atoms with E-state index in [0.717, 1.165) is 0 Å². The fourth-order valence-corrected chi connectivity index (χ4v) is 1.13. The third-order valence-electron chi connectivity index (χ3n) is 2.13. The van der Waals surface area contributed by atoms with Crippen molar-refractivity contribution in [3.05, 3.63) is 11.6 Å². The first kappa shape index (κ1) is 11.7. The van der Waals surface area contributed by atoms with Gasteiger partial charge in [-0.1, -0.05) is 6.08 Å². The van der Waals surface area contributed by atoms with Gasteiger partial charge in [-0.05, 0) is 19.4 Å². The maximum atomic E-state index is 2.26. The van der Waals surface area contributed by atoms with Crippen LogP contribution in [-0.2, 0) is 0 Å². The van der Waals surface area contributed by atoms with E-state index in [1.54, 1.807) is 4.90 Å². The minimum atomic E-state index is 1.18. The van der Waals surface area contributed by atoms with Crippen LogP contribution in [0.3, 0.4) is 0 Å². The molecule has 0 aliphatic carbocycles. The summed E-state index contributed by atoms with van der Waals surface area (Å²) in [5.74, 6) is 0. The number of rotatable bonds is 5. The van der Waals surface area contributed by atoms with Crippen molar-refractivity contribution in [2.24, 2.45) is 0 Å². The summed E-state index contributed by atoms with van der Waals surface area (Å²) < 4.78 is 0. The molecule has 2 nitrogen and oxygen atoms in total. The Bertz CT molecular complexity index is 139. The molecule has 0 saturated heterocycles. The van der Waals surface area contributed by atoms with Crippen molar-refractivity contribution in [1.82, 2.24) is 0 Å². The van der Waals surface area contributed by atoms with Crippen LogP contribution in [0.15, 0.2) is 11.6 Å². The topological polar surface area (TPSA) is 8.88 Å². The lowest BCUT2D eigenvalue weighted by atomic mass is 10.3. The van der Waals surface area contributed by atoms with Gasteiger partial charge in [-0.15, -0.1) is 0 Å². The predicted octanol–water partition coefficient (Wildman–Crippen LogP) is -1.39. The van der Waals surface area contributed by atoms with E-state index in [1.807, 2.05) is 0 Å². The number of hydrogen-bond donors (Lipinski definition) is 2. The maximum Gasteiger partial charge on any atom is 0.127 e. The third kappa shape index (κ3) is 6.38. The standard InChI is InChI=1S/C10H22N2/c1-6-10(2)9-12(5)8-7-11(3)4/h6H,7-9H2,1-5H3/p+2/b10-6-. The fraction of sp³-hybridized carbons (Fsp3) is 0.800. The van der Waals surface area contributed by atoms with Crippen LogP contribution in [0.5, 0.6) is 0 Å². The largest absolute Gasteiger partial charge is 0.335 e. The summed E-state index contributed by atoms with van der Waals surface area (Å²) in [6.45, 7) is 8.01. The summed E-state index contributed by atoms with van der Waals surface area (Å²) in [5, 5.41) is 0. The first-order valence-electron chi connectivity index (χ1n) is 4.78. The first-order chi connectivity index (χ1) is 5.56. The molecular formula is C10H24N2+2. The van der Waals surface area contributed by atoms with Crippen LogP contribution in [0.1, 0.15) is 13.8 Å². The number of quaternary nitrogens is 2. The van der Waals surface area contributed by atoms with E-state index >= 15 is 0 Å². The zero-order valence-electron chi connectivity index (χ0n) is 9.20. The summed E-state index contributed by atoms with van der Waals surface area (Å²) in [7, 11) is 6.67. The second kappa shape index (κ2) is 6.21. The Labute approximate surface area is 76.9 Å². The van der Waals surface area contributed by atoms with E-state index in [9.17, 15) is 0 Å². The Morgan fingerprint density at radius 1 is 1.17 bits per heavy atom. The van der Waals surface area contributed by atoms with Gasteiger partial charge in [0.25, 0.3) is 0 Å². The van der Waals surface area contributed by atoms with Crippen LogP contribution < -0.4 is 9.80 Å². The summed E-state index contributed by atoms with van der Waals surface area (Å²) in [5.41, 5.74) is 1.49. The lowest BCUT2D eigenvalue weighted by Crippen LogP contribution is -3.16. The normalized spacial score (nSPS) is 15.3. The lowest BCUT2D eigenvalue weighted by molar-refractivity contribution is -0.926. The van der Waals surface area contributed by atoms with Crippen molar-refractivity contribution in [3.8, 4) is 0 Å². The number of allylic oxidation sites excluding steroid dienone is 1. The summed E-state index contributed by atoms with van der Waals surface area (Å²) in [6, 6.07) is 0. The quantitative estimate of drug-likeness (QED) is 0.473. The molecule has 0 aromatic heterocycles. The van der Waals surface area contributed by atoms with Gasteiger partial charge in [0, 0.05) is 0 Å². The third-order valence-corrected chi connectivity index (χ3v) is 2.13. The van der Waals surface area contributed by atoms with Crippen molar-refractivity contribution < 1.29 is 9.80 Å². The van der Waals surface area contributed by atoms with E-state index in [1.165, 1.54) is 30.1 Å². The molecule has 2 N–H and O–H groups in total. The molecule has 0 amide bonds. The molecular weight excluding hydrogens is 148 g/mol. The Balaban J connectivity index is 3.53. The van der Waals surface area contributed by atoms with Gasteiger partial charge >= 0.3 is 0 Å². The Morgan fingerprint density at radius 2 is 1.75 bits per heavy atom. The molecule has 2 heteroatoms. The highest BCUT2D eigenvalue weighted by atomic mass is 15.1. The fourth-order valence-electron chi connectivity index (χ4n) is 1.13. The van der Waals surface area contributed by atoms with E-state index in [-0.39, 0.29) is 0 Å². The molecule has 0 aliphatic rings. The highest BCUT2D eigenvalue weighted by Crippen LogP contribution is 1.83. The zero-order valence-corrected chi connectivity index (χ0v) is 9.20. The van der Waals surface area contributed by atoms with Gasteiger partial charge in [0.15, 0.2) is 0 Å². The molecule has 1 atom stereocenters. The van der Waals surface area contributed by atoms with Gasteiger partial charge in [0.05, 0.1) is 27.7 Å². The lowest BCUT2D eigenvalue weighted by Gasteiger charge is -2.15. The molecule has 0 radical (unpaired) electrons. The minimum Gasteiger partial charge on any atom is -0.335 e. The van der Waals surface area contributed by atoms with Gasteiger partial charge < -0.3 is 9.80 Å². The Hall–Kier alpha value is -0.340. The van der Waals surface area contributed by atoms with Crippen LogP contribution >= 0.6 is 0 Å². The second-order valence-electron chi connectivity index (χ2n) is 3.98. The molecule has 0 spiro atoms. The van der Waals surface area contributed by atoms with Gasteiger partial charge in [-0.2, -0.15) is 0 Å². The van der Waals surface area contributed by atoms with E-state index in [0.29, 0.717) is 0 Å². The van der Waals surface area contributed by atoms with Crippen LogP contribution in [0.25, 0.3) is 0 Å². The summed E-state index contributed by atoms with van der Waals surface area (Å²) >= 11 is 0. The zero-order chi connectivity index (χ0) is 9.56. The van der Waals surface area contributed by atoms with Crippen molar-refractivity contribution in [2.45, 2.75) is 13.8 Å². The van der Waals surface area contributed by atoms with E-state index in [4.69, 9.17) is 0 Å². The molecule has 0 fully saturated rings. The molecule has 0 aliphatic heterocycles. The number of nitrogens with one attached hydrogen (secondary N) is 2. The average molecular weight is 172 g/mol. The molecule has 72 valence electrons. The first-order valence-corrected chi connectivity index (χ1v) is 4.78. The van der Waals surface area contributed by atoms with Crippen LogP contribution in [0, 0.1) is 0 Å². The van der Waals surface area contributed by atoms with Gasteiger partial charge in [-0.25, -0.2) is 0 Å².